The summed E-state index contributed by atoms with van der Waals surface area (Å²) in [5.74, 6) is -0.461. The van der Waals surface area contributed by atoms with Crippen LogP contribution in [0, 0.1) is 0 Å². The summed E-state index contributed by atoms with van der Waals surface area (Å²) in [5.41, 5.74) is 1.73. The summed E-state index contributed by atoms with van der Waals surface area (Å²) in [6.45, 7) is 3.84. The summed E-state index contributed by atoms with van der Waals surface area (Å²) in [5, 5.41) is 2.77. The van der Waals surface area contributed by atoms with Crippen molar-refractivity contribution in [3.63, 3.8) is 0 Å². The third-order valence-electron chi connectivity index (χ3n) is 3.39. The molecule has 0 aliphatic carbocycles. The summed E-state index contributed by atoms with van der Waals surface area (Å²) in [6.07, 6.45) is 0. The number of urea groups is 1. The van der Waals surface area contributed by atoms with Crippen molar-refractivity contribution < 1.29 is 14.4 Å². The summed E-state index contributed by atoms with van der Waals surface area (Å²) in [7, 11) is 1.53. The molecule has 0 bridgehead atoms. The number of carbonyl (C=O) groups is 3. The van der Waals surface area contributed by atoms with E-state index in [1.807, 2.05) is 38.1 Å². The Hall–Kier alpha value is -2.37. The maximum absolute atomic E-state index is 12.1. The number of rotatable bonds is 4. The lowest BCUT2D eigenvalue weighted by atomic mass is 10.0. The summed E-state index contributed by atoms with van der Waals surface area (Å²) >= 11 is 0. The number of anilines is 1. The van der Waals surface area contributed by atoms with Crippen LogP contribution in [0.4, 0.5) is 10.5 Å². The van der Waals surface area contributed by atoms with E-state index in [2.05, 4.69) is 5.32 Å². The highest BCUT2D eigenvalue weighted by Gasteiger charge is 2.34. The highest BCUT2D eigenvalue weighted by Crippen LogP contribution is 2.23. The third-order valence-corrected chi connectivity index (χ3v) is 3.39. The van der Waals surface area contributed by atoms with Gasteiger partial charge in [-0.3, -0.25) is 14.5 Å². The van der Waals surface area contributed by atoms with Crippen LogP contribution in [0.15, 0.2) is 24.3 Å². The van der Waals surface area contributed by atoms with Crippen molar-refractivity contribution in [1.29, 1.82) is 0 Å². The van der Waals surface area contributed by atoms with Gasteiger partial charge in [0.15, 0.2) is 0 Å². The van der Waals surface area contributed by atoms with Crippen LogP contribution in [-0.2, 0) is 9.59 Å². The molecule has 1 aliphatic heterocycles. The molecular formula is C15H19N3O3. The Morgan fingerprint density at radius 3 is 2.52 bits per heavy atom. The van der Waals surface area contributed by atoms with Crippen molar-refractivity contribution in [3.05, 3.63) is 29.8 Å². The third kappa shape index (κ3) is 3.21. The Balaban J connectivity index is 2.06. The lowest BCUT2D eigenvalue weighted by molar-refractivity contribution is -0.129. The molecule has 0 radical (unpaired) electrons. The van der Waals surface area contributed by atoms with E-state index in [4.69, 9.17) is 0 Å². The number of benzene rings is 1. The highest BCUT2D eigenvalue weighted by atomic mass is 16.2. The number of imide groups is 1. The highest BCUT2D eigenvalue weighted by molar-refractivity contribution is 6.06. The van der Waals surface area contributed by atoms with E-state index in [-0.39, 0.29) is 30.8 Å². The lowest BCUT2D eigenvalue weighted by Gasteiger charge is -2.16. The first-order valence-electron chi connectivity index (χ1n) is 6.84. The maximum Gasteiger partial charge on any atom is 0.327 e. The van der Waals surface area contributed by atoms with Gasteiger partial charge in [0.1, 0.15) is 13.1 Å². The van der Waals surface area contributed by atoms with Gasteiger partial charge >= 0.3 is 6.03 Å². The van der Waals surface area contributed by atoms with Crippen LogP contribution >= 0.6 is 0 Å². The SMILES string of the molecule is CC(C)c1ccccc1NC(=O)CN1C(=O)CN(C)C1=O. The van der Waals surface area contributed by atoms with Crippen molar-refractivity contribution in [3.8, 4) is 0 Å². The zero-order valence-electron chi connectivity index (χ0n) is 12.4. The number of nitrogens with zero attached hydrogens (tertiary/aromatic N) is 2. The van der Waals surface area contributed by atoms with E-state index < -0.39 is 6.03 Å². The van der Waals surface area contributed by atoms with Crippen LogP contribution in [0.1, 0.15) is 25.3 Å². The Labute approximate surface area is 123 Å². The van der Waals surface area contributed by atoms with Crippen molar-refractivity contribution in [2.24, 2.45) is 0 Å². The van der Waals surface area contributed by atoms with Gasteiger partial charge in [0.2, 0.25) is 5.91 Å². The number of amides is 4. The van der Waals surface area contributed by atoms with Crippen LogP contribution < -0.4 is 5.32 Å². The fourth-order valence-corrected chi connectivity index (χ4v) is 2.27. The van der Waals surface area contributed by atoms with Gasteiger partial charge < -0.3 is 10.2 Å². The van der Waals surface area contributed by atoms with Crippen LogP contribution in [0.25, 0.3) is 0 Å². The molecule has 4 amide bonds. The van der Waals surface area contributed by atoms with Gasteiger partial charge in [-0.25, -0.2) is 4.79 Å². The van der Waals surface area contributed by atoms with Crippen LogP contribution in [0.3, 0.4) is 0 Å². The molecule has 2 rings (SSSR count). The number of para-hydroxylation sites is 1. The standard InChI is InChI=1S/C15H19N3O3/c1-10(2)11-6-4-5-7-12(11)16-13(19)8-18-14(20)9-17(3)15(18)21/h4-7,10H,8-9H2,1-3H3,(H,16,19). The first kappa shape index (κ1) is 15.0. The molecule has 1 aromatic carbocycles. The van der Waals surface area contributed by atoms with Crippen LogP contribution in [0.2, 0.25) is 0 Å². The first-order chi connectivity index (χ1) is 9.90. The first-order valence-corrected chi connectivity index (χ1v) is 6.84. The predicted octanol–water partition coefficient (Wildman–Crippen LogP) is 1.64. The summed E-state index contributed by atoms with van der Waals surface area (Å²) < 4.78 is 0. The Bertz CT molecular complexity index is 583. The second kappa shape index (κ2) is 5.95. The van der Waals surface area contributed by atoms with Gasteiger partial charge in [-0.2, -0.15) is 0 Å². The van der Waals surface area contributed by atoms with Gasteiger partial charge in [0.05, 0.1) is 0 Å². The maximum atomic E-state index is 12.1. The number of likely N-dealkylation sites (N-methyl/N-ethyl adjacent to an activating group) is 1. The molecule has 1 heterocycles. The van der Waals surface area contributed by atoms with E-state index in [0.717, 1.165) is 10.5 Å². The smallest absolute Gasteiger partial charge is 0.324 e. The molecule has 0 saturated carbocycles. The molecule has 6 heteroatoms. The van der Waals surface area contributed by atoms with Crippen molar-refractivity contribution in [2.45, 2.75) is 19.8 Å². The molecule has 0 unspecified atom stereocenters. The lowest BCUT2D eigenvalue weighted by Crippen LogP contribution is -2.38. The van der Waals surface area contributed by atoms with Gasteiger partial charge in [0.25, 0.3) is 5.91 Å². The zero-order valence-corrected chi connectivity index (χ0v) is 12.4. The Morgan fingerprint density at radius 1 is 1.29 bits per heavy atom. The van der Waals surface area contributed by atoms with E-state index in [9.17, 15) is 14.4 Å². The van der Waals surface area contributed by atoms with Crippen molar-refractivity contribution in [2.75, 3.05) is 25.5 Å². The average molecular weight is 289 g/mol. The molecular weight excluding hydrogens is 270 g/mol. The second-order valence-corrected chi connectivity index (χ2v) is 5.41. The summed E-state index contributed by atoms with van der Waals surface area (Å²) in [4.78, 5) is 37.7. The van der Waals surface area contributed by atoms with Crippen molar-refractivity contribution in [1.82, 2.24) is 9.80 Å². The van der Waals surface area contributed by atoms with E-state index >= 15 is 0 Å². The minimum atomic E-state index is -0.438. The predicted molar refractivity (Wildman–Crippen MR) is 78.9 cm³/mol. The summed E-state index contributed by atoms with van der Waals surface area (Å²) in [6, 6.07) is 7.06. The molecule has 0 aromatic heterocycles. The molecule has 21 heavy (non-hydrogen) atoms. The molecule has 1 aliphatic rings. The number of hydrogen-bond acceptors (Lipinski definition) is 3. The number of nitrogens with one attached hydrogen (secondary N) is 1. The number of carbonyl (C=O) groups excluding carboxylic acids is 3. The molecule has 1 aromatic rings. The zero-order chi connectivity index (χ0) is 15.6. The van der Waals surface area contributed by atoms with Gasteiger partial charge in [0, 0.05) is 12.7 Å². The molecule has 6 nitrogen and oxygen atoms in total. The minimum absolute atomic E-state index is 0.0225. The van der Waals surface area contributed by atoms with Crippen molar-refractivity contribution >= 4 is 23.5 Å². The molecule has 0 spiro atoms. The van der Waals surface area contributed by atoms with Crippen LogP contribution in [-0.4, -0.2) is 47.8 Å². The Kier molecular flexibility index (Phi) is 4.26. The molecule has 112 valence electrons. The molecule has 1 N–H and O–H groups in total. The fourth-order valence-electron chi connectivity index (χ4n) is 2.27. The van der Waals surface area contributed by atoms with Gasteiger partial charge in [-0.1, -0.05) is 32.0 Å². The average Bonchev–Trinajstić information content (AvgIpc) is 2.66. The van der Waals surface area contributed by atoms with E-state index in [1.165, 1.54) is 11.9 Å². The van der Waals surface area contributed by atoms with E-state index in [0.29, 0.717) is 5.69 Å². The van der Waals surface area contributed by atoms with Gasteiger partial charge in [-0.15, -0.1) is 0 Å². The Morgan fingerprint density at radius 2 is 1.95 bits per heavy atom. The molecule has 1 saturated heterocycles. The normalized spacial score (nSPS) is 15.0. The van der Waals surface area contributed by atoms with Crippen LogP contribution in [0.5, 0.6) is 0 Å². The molecule has 0 atom stereocenters. The monoisotopic (exact) mass is 289 g/mol. The number of hydrogen-bond donors (Lipinski definition) is 1. The molecule has 1 fully saturated rings. The topological polar surface area (TPSA) is 69.7 Å². The van der Waals surface area contributed by atoms with E-state index in [1.54, 1.807) is 0 Å². The minimum Gasteiger partial charge on any atom is -0.324 e. The second-order valence-electron chi connectivity index (χ2n) is 5.41. The van der Waals surface area contributed by atoms with Gasteiger partial charge in [-0.05, 0) is 17.5 Å². The fraction of sp³-hybridized carbons (Fsp3) is 0.400. The quantitative estimate of drug-likeness (QED) is 0.857. The largest absolute Gasteiger partial charge is 0.327 e.